The zero-order chi connectivity index (χ0) is 15.2. The molecule has 23 heavy (non-hydrogen) atoms. The van der Waals surface area contributed by atoms with Crippen molar-refractivity contribution >= 4 is 34.9 Å². The number of nitrogens with zero attached hydrogens (tertiary/aromatic N) is 1. The van der Waals surface area contributed by atoms with Gasteiger partial charge in [-0.15, -0.1) is 0 Å². The van der Waals surface area contributed by atoms with Gasteiger partial charge >= 0.3 is 140 Å². The Hall–Kier alpha value is -0.271. The Morgan fingerprint density at radius 2 is 1.78 bits per heavy atom. The molecule has 0 spiro atoms. The summed E-state index contributed by atoms with van der Waals surface area (Å²) in [5, 5.41) is 2.62. The molecule has 1 aliphatic rings. The predicted octanol–water partition coefficient (Wildman–Crippen LogP) is -0.796. The van der Waals surface area contributed by atoms with Gasteiger partial charge in [-0.1, -0.05) is 0 Å². The van der Waals surface area contributed by atoms with E-state index < -0.39 is 7.38 Å². The number of fused-ring (bicyclic) bond motifs is 1. The van der Waals surface area contributed by atoms with Crippen LogP contribution in [-0.2, 0) is 16.3 Å². The van der Waals surface area contributed by atoms with Crippen LogP contribution in [0.1, 0.15) is 18.9 Å². The van der Waals surface area contributed by atoms with Crippen LogP contribution in [0.5, 0.6) is 0 Å². The number of benzene rings is 1. The molecule has 0 atom stereocenters. The number of pyridine rings is 1. The SMILES string of the molecule is CC1=C([Si](C)(C)Cl)CC(c2cccc3cccnc23)=[C]1[Cr+2].[Cl-].[Cl-]. The summed E-state index contributed by atoms with van der Waals surface area (Å²) >= 11 is 9.96. The maximum absolute atomic E-state index is 6.70. The van der Waals surface area contributed by atoms with Crippen LogP contribution in [0.4, 0.5) is 0 Å². The zero-order valence-electron chi connectivity index (χ0n) is 13.2. The molecule has 121 valence electrons. The van der Waals surface area contributed by atoms with E-state index in [9.17, 15) is 0 Å². The quantitative estimate of drug-likeness (QED) is 0.457. The number of hydrogen-bond donors (Lipinski definition) is 0. The third kappa shape index (κ3) is 3.87. The van der Waals surface area contributed by atoms with Crippen molar-refractivity contribution in [3.05, 3.63) is 57.3 Å². The summed E-state index contributed by atoms with van der Waals surface area (Å²) in [5.74, 6) is 0. The Kier molecular flexibility index (Phi) is 6.99. The Bertz CT molecular complexity index is 789. The average molecular weight is 422 g/mol. The van der Waals surface area contributed by atoms with Crippen LogP contribution in [0, 0.1) is 0 Å². The third-order valence-electron chi connectivity index (χ3n) is 4.10. The number of allylic oxidation sites excluding steroid dienone is 4. The maximum Gasteiger partial charge on any atom is -1.00 e. The standard InChI is InChI=1S/C17H17ClNSi.2ClH.Cr/c1-12-10-14(11-16(12)20(2,3)18)15-8-4-6-13-7-5-9-19-17(13)15;;;/h4-9H,11H2,1-3H3;2*1H;/q;;;+2/p-2. The maximum atomic E-state index is 6.70. The molecule has 0 bridgehead atoms. The van der Waals surface area contributed by atoms with Gasteiger partial charge in [-0.25, -0.2) is 0 Å². The Labute approximate surface area is 164 Å². The van der Waals surface area contributed by atoms with E-state index in [1.54, 1.807) is 0 Å². The van der Waals surface area contributed by atoms with Crippen molar-refractivity contribution in [2.75, 3.05) is 0 Å². The Morgan fingerprint density at radius 1 is 1.13 bits per heavy atom. The molecule has 0 fully saturated rings. The van der Waals surface area contributed by atoms with Crippen LogP contribution >= 0.6 is 11.1 Å². The molecule has 1 nitrogen and oxygen atoms in total. The first-order valence-electron chi connectivity index (χ1n) is 7.03. The summed E-state index contributed by atoms with van der Waals surface area (Å²) in [6, 6.07) is 10.5. The first kappa shape index (κ1) is 20.8. The van der Waals surface area contributed by atoms with Crippen LogP contribution in [-0.4, -0.2) is 12.4 Å². The van der Waals surface area contributed by atoms with Crippen molar-refractivity contribution in [1.29, 1.82) is 0 Å². The topological polar surface area (TPSA) is 12.9 Å². The van der Waals surface area contributed by atoms with Gasteiger partial charge in [0.15, 0.2) is 0 Å². The zero-order valence-corrected chi connectivity index (χ0v) is 17.7. The first-order valence-corrected chi connectivity index (χ1v) is 11.7. The monoisotopic (exact) mass is 420 g/mol. The molecule has 0 saturated heterocycles. The van der Waals surface area contributed by atoms with Crippen LogP contribution in [0.2, 0.25) is 13.1 Å². The van der Waals surface area contributed by atoms with Gasteiger partial charge in [-0.05, 0) is 0 Å². The summed E-state index contributed by atoms with van der Waals surface area (Å²) < 4.78 is 1.25. The second-order valence-corrected chi connectivity index (χ2v) is 13.0. The van der Waals surface area contributed by atoms with E-state index >= 15 is 0 Å². The van der Waals surface area contributed by atoms with Gasteiger partial charge in [0.25, 0.3) is 0 Å². The second kappa shape index (κ2) is 7.74. The van der Waals surface area contributed by atoms with E-state index in [0.29, 0.717) is 0 Å². The minimum atomic E-state index is -1.80. The van der Waals surface area contributed by atoms with Crippen molar-refractivity contribution in [3.8, 4) is 0 Å². The summed E-state index contributed by atoms with van der Waals surface area (Å²) in [6.45, 7) is 6.58. The predicted molar refractivity (Wildman–Crippen MR) is 89.3 cm³/mol. The fourth-order valence-electron chi connectivity index (χ4n) is 2.97. The van der Waals surface area contributed by atoms with E-state index in [2.05, 4.69) is 65.6 Å². The number of hydrogen-bond acceptors (Lipinski definition) is 1. The van der Waals surface area contributed by atoms with Gasteiger partial charge in [0.1, 0.15) is 0 Å². The van der Waals surface area contributed by atoms with Gasteiger partial charge in [-0.3, -0.25) is 0 Å². The van der Waals surface area contributed by atoms with Gasteiger partial charge < -0.3 is 24.8 Å². The molecule has 1 heterocycles. The van der Waals surface area contributed by atoms with E-state index in [-0.39, 0.29) is 24.8 Å². The molecule has 1 aliphatic carbocycles. The largest absolute Gasteiger partial charge is 1.00 e. The molecule has 0 aliphatic heterocycles. The molecule has 0 N–H and O–H groups in total. The van der Waals surface area contributed by atoms with E-state index in [1.165, 1.54) is 31.7 Å². The Morgan fingerprint density at radius 3 is 2.39 bits per heavy atom. The van der Waals surface area contributed by atoms with Crippen LogP contribution in [0.15, 0.2) is 51.7 Å². The van der Waals surface area contributed by atoms with Crippen LogP contribution < -0.4 is 24.8 Å². The second-order valence-electron chi connectivity index (χ2n) is 5.94. The van der Waals surface area contributed by atoms with Crippen molar-refractivity contribution in [1.82, 2.24) is 4.98 Å². The number of para-hydroxylation sites is 1. The number of aromatic nitrogens is 1. The van der Waals surface area contributed by atoms with Crippen LogP contribution in [0.3, 0.4) is 0 Å². The van der Waals surface area contributed by atoms with Crippen molar-refractivity contribution in [2.45, 2.75) is 26.4 Å². The van der Waals surface area contributed by atoms with Gasteiger partial charge in [0.2, 0.25) is 0 Å². The van der Waals surface area contributed by atoms with E-state index in [0.717, 1.165) is 11.9 Å². The summed E-state index contributed by atoms with van der Waals surface area (Å²) in [6.07, 6.45) is 2.81. The summed E-state index contributed by atoms with van der Waals surface area (Å²) in [5.41, 5.74) is 4.98. The molecule has 2 aromatic rings. The fourth-order valence-corrected chi connectivity index (χ4v) is 5.84. The molecule has 3 rings (SSSR count). The Balaban J connectivity index is 0.00000132. The first-order chi connectivity index (χ1) is 9.89. The third-order valence-corrected chi connectivity index (χ3v) is 7.63. The average Bonchev–Trinajstić information content (AvgIpc) is 2.75. The molecule has 0 amide bonds. The van der Waals surface area contributed by atoms with Crippen molar-refractivity contribution in [3.63, 3.8) is 0 Å². The number of rotatable bonds is 2. The number of halogens is 3. The summed E-state index contributed by atoms with van der Waals surface area (Å²) in [7, 11) is -1.80. The van der Waals surface area contributed by atoms with Crippen molar-refractivity contribution in [2.24, 2.45) is 0 Å². The van der Waals surface area contributed by atoms with Gasteiger partial charge in [0, 0.05) is 0 Å². The van der Waals surface area contributed by atoms with Crippen LogP contribution in [0.25, 0.3) is 16.5 Å². The molecular weight excluding hydrogens is 405 g/mol. The molecular formula is C17H17Cl3CrNSi. The minimum absolute atomic E-state index is 0. The molecule has 1 aromatic carbocycles. The van der Waals surface area contributed by atoms with E-state index in [1.807, 2.05) is 12.3 Å². The van der Waals surface area contributed by atoms with Crippen molar-refractivity contribution < 1.29 is 41.1 Å². The minimum Gasteiger partial charge on any atom is -1.00 e. The smallest absolute Gasteiger partial charge is 1.00 e. The summed E-state index contributed by atoms with van der Waals surface area (Å²) in [4.78, 5) is 4.58. The molecule has 0 radical (unpaired) electrons. The van der Waals surface area contributed by atoms with E-state index in [4.69, 9.17) is 11.1 Å². The van der Waals surface area contributed by atoms with Gasteiger partial charge in [0.05, 0.1) is 0 Å². The molecule has 1 aromatic heterocycles. The normalized spacial score (nSPS) is 14.7. The molecule has 0 unspecified atom stereocenters. The molecule has 0 saturated carbocycles. The van der Waals surface area contributed by atoms with Gasteiger partial charge in [-0.2, -0.15) is 0 Å². The fraction of sp³-hybridized carbons (Fsp3) is 0.235. The molecule has 6 heteroatoms.